The van der Waals surface area contributed by atoms with E-state index >= 15 is 0 Å². The molecule has 1 aromatic carbocycles. The maximum atomic E-state index is 11.8. The van der Waals surface area contributed by atoms with E-state index in [2.05, 4.69) is 20.8 Å². The molecular formula is C20H29O5Si. The van der Waals surface area contributed by atoms with Gasteiger partial charge in [0.05, 0.1) is 5.57 Å². The van der Waals surface area contributed by atoms with Crippen molar-refractivity contribution in [2.45, 2.75) is 65.7 Å². The van der Waals surface area contributed by atoms with Gasteiger partial charge in [0.25, 0.3) is 9.04 Å². The zero-order chi connectivity index (χ0) is 20.1. The Bertz CT molecular complexity index is 686. The Labute approximate surface area is 157 Å². The molecule has 0 heterocycles. The number of ether oxygens (including phenoxy) is 1. The molecule has 1 unspecified atom stereocenters. The molecule has 143 valence electrons. The van der Waals surface area contributed by atoms with E-state index in [1.165, 1.54) is 6.92 Å². The molecule has 0 saturated carbocycles. The van der Waals surface area contributed by atoms with Crippen molar-refractivity contribution in [2.75, 3.05) is 0 Å². The Hall–Kier alpha value is -2.08. The number of allylic oxidation sites excluding steroid dienone is 1. The SMILES string of the molecule is CCC=C(C(=O)O)C(OC(C)=O)c1cccc(C(C)(C)C)c1O[Si](C)C. The second-order valence-corrected chi connectivity index (χ2v) is 9.37. The van der Waals surface area contributed by atoms with Crippen molar-refractivity contribution in [2.24, 2.45) is 0 Å². The monoisotopic (exact) mass is 377 g/mol. The van der Waals surface area contributed by atoms with Crippen LogP contribution in [0, 0.1) is 0 Å². The highest BCUT2D eigenvalue weighted by molar-refractivity contribution is 6.49. The Kier molecular flexibility index (Phi) is 7.63. The summed E-state index contributed by atoms with van der Waals surface area (Å²) in [6.07, 6.45) is 1.09. The van der Waals surface area contributed by atoms with Crippen molar-refractivity contribution in [1.29, 1.82) is 0 Å². The number of carbonyl (C=O) groups excluding carboxylic acids is 1. The van der Waals surface area contributed by atoms with Gasteiger partial charge in [0, 0.05) is 12.5 Å². The van der Waals surface area contributed by atoms with E-state index in [-0.39, 0.29) is 11.0 Å². The molecule has 0 amide bonds. The topological polar surface area (TPSA) is 72.8 Å². The van der Waals surface area contributed by atoms with E-state index < -0.39 is 27.1 Å². The second-order valence-electron chi connectivity index (χ2n) is 7.35. The Balaban J connectivity index is 3.71. The first-order valence-electron chi connectivity index (χ1n) is 8.71. The molecule has 0 fully saturated rings. The number of carboxylic acid groups (broad SMARTS) is 1. The molecule has 0 aliphatic heterocycles. The lowest BCUT2D eigenvalue weighted by Gasteiger charge is -2.29. The number of rotatable bonds is 7. The summed E-state index contributed by atoms with van der Waals surface area (Å²) in [5.74, 6) is -1.03. The standard InChI is InChI=1S/C20H29O5Si/c1-8-10-15(19(22)23)17(24-13(2)21)14-11-9-12-16(20(3,4)5)18(14)25-26(6)7/h9-12,17H,8H2,1-7H3,(H,22,23). The lowest BCUT2D eigenvalue weighted by molar-refractivity contribution is -0.146. The maximum Gasteiger partial charge on any atom is 0.335 e. The number of esters is 1. The number of hydrogen-bond donors (Lipinski definition) is 1. The summed E-state index contributed by atoms with van der Waals surface area (Å²) in [5, 5.41) is 9.66. The predicted molar refractivity (Wildman–Crippen MR) is 104 cm³/mol. The van der Waals surface area contributed by atoms with Gasteiger partial charge >= 0.3 is 11.9 Å². The van der Waals surface area contributed by atoms with Crippen LogP contribution < -0.4 is 4.43 Å². The Morgan fingerprint density at radius 1 is 1.27 bits per heavy atom. The molecule has 0 bridgehead atoms. The quantitative estimate of drug-likeness (QED) is 0.426. The van der Waals surface area contributed by atoms with Crippen molar-refractivity contribution in [1.82, 2.24) is 0 Å². The van der Waals surface area contributed by atoms with Crippen LogP contribution in [0.5, 0.6) is 5.75 Å². The van der Waals surface area contributed by atoms with Crippen LogP contribution >= 0.6 is 0 Å². The van der Waals surface area contributed by atoms with Gasteiger partial charge in [-0.2, -0.15) is 0 Å². The first-order valence-corrected chi connectivity index (χ1v) is 11.1. The molecule has 26 heavy (non-hydrogen) atoms. The molecule has 6 heteroatoms. The van der Waals surface area contributed by atoms with E-state index in [4.69, 9.17) is 9.16 Å². The van der Waals surface area contributed by atoms with E-state index in [9.17, 15) is 14.7 Å². The fraction of sp³-hybridized carbons (Fsp3) is 0.500. The minimum atomic E-state index is -1.12. The fourth-order valence-corrected chi connectivity index (χ4v) is 3.29. The normalized spacial score (nSPS) is 13.5. The third-order valence-corrected chi connectivity index (χ3v) is 4.29. The first kappa shape index (κ1) is 22.0. The molecule has 1 atom stereocenters. The summed E-state index contributed by atoms with van der Waals surface area (Å²) in [7, 11) is -1.12. The maximum absolute atomic E-state index is 11.8. The van der Waals surface area contributed by atoms with Gasteiger partial charge in [0.2, 0.25) is 0 Å². The second kappa shape index (κ2) is 9.03. The van der Waals surface area contributed by atoms with Crippen molar-refractivity contribution in [3.8, 4) is 5.75 Å². The number of hydrogen-bond acceptors (Lipinski definition) is 4. The predicted octanol–water partition coefficient (Wildman–Crippen LogP) is 4.64. The third-order valence-electron chi connectivity index (χ3n) is 3.68. The summed E-state index contributed by atoms with van der Waals surface area (Å²) in [5.41, 5.74) is 1.36. The van der Waals surface area contributed by atoms with Gasteiger partial charge in [-0.15, -0.1) is 0 Å². The Morgan fingerprint density at radius 2 is 1.88 bits per heavy atom. The molecule has 0 saturated heterocycles. The number of benzene rings is 1. The summed E-state index contributed by atoms with van der Waals surface area (Å²) >= 11 is 0. The van der Waals surface area contributed by atoms with Gasteiger partial charge in [0.1, 0.15) is 5.75 Å². The van der Waals surface area contributed by atoms with Crippen LogP contribution in [-0.4, -0.2) is 26.1 Å². The van der Waals surface area contributed by atoms with Crippen LogP contribution in [0.25, 0.3) is 0 Å². The fourth-order valence-electron chi connectivity index (χ4n) is 2.66. The van der Waals surface area contributed by atoms with Crippen molar-refractivity contribution in [3.63, 3.8) is 0 Å². The van der Waals surface area contributed by atoms with Gasteiger partial charge in [-0.25, -0.2) is 4.79 Å². The first-order chi connectivity index (χ1) is 12.0. The van der Waals surface area contributed by atoms with Crippen LogP contribution in [0.2, 0.25) is 13.1 Å². The average molecular weight is 378 g/mol. The number of carbonyl (C=O) groups is 2. The summed E-state index contributed by atoms with van der Waals surface area (Å²) in [6, 6.07) is 5.59. The zero-order valence-electron chi connectivity index (χ0n) is 16.7. The van der Waals surface area contributed by atoms with Crippen LogP contribution in [0.15, 0.2) is 29.8 Å². The Morgan fingerprint density at radius 3 is 2.31 bits per heavy atom. The average Bonchev–Trinajstić information content (AvgIpc) is 2.49. The van der Waals surface area contributed by atoms with E-state index in [0.29, 0.717) is 17.7 Å². The lowest BCUT2D eigenvalue weighted by atomic mass is 9.84. The van der Waals surface area contributed by atoms with Crippen molar-refractivity contribution in [3.05, 3.63) is 41.0 Å². The third kappa shape index (κ3) is 5.73. The zero-order valence-corrected chi connectivity index (χ0v) is 17.7. The highest BCUT2D eigenvalue weighted by Gasteiger charge is 2.31. The highest BCUT2D eigenvalue weighted by atomic mass is 28.3. The van der Waals surface area contributed by atoms with Crippen LogP contribution in [0.1, 0.15) is 58.3 Å². The molecule has 0 spiro atoms. The molecule has 5 nitrogen and oxygen atoms in total. The van der Waals surface area contributed by atoms with Crippen LogP contribution in [0.3, 0.4) is 0 Å². The minimum absolute atomic E-state index is 0.0413. The lowest BCUT2D eigenvalue weighted by Crippen LogP contribution is -2.23. The van der Waals surface area contributed by atoms with Gasteiger partial charge < -0.3 is 14.3 Å². The van der Waals surface area contributed by atoms with E-state index in [1.807, 2.05) is 32.2 Å². The summed E-state index contributed by atoms with van der Waals surface area (Å²) in [4.78, 5) is 23.5. The van der Waals surface area contributed by atoms with Crippen LogP contribution in [0.4, 0.5) is 0 Å². The molecule has 0 aliphatic rings. The van der Waals surface area contributed by atoms with Gasteiger partial charge in [-0.1, -0.05) is 52.0 Å². The summed E-state index contributed by atoms with van der Waals surface area (Å²) < 4.78 is 11.6. The summed E-state index contributed by atoms with van der Waals surface area (Å²) in [6.45, 7) is 13.3. The van der Waals surface area contributed by atoms with E-state index in [1.54, 1.807) is 12.1 Å². The molecule has 1 radical (unpaired) electrons. The number of aliphatic carboxylic acids is 1. The van der Waals surface area contributed by atoms with E-state index in [0.717, 1.165) is 5.56 Å². The number of carboxylic acids is 1. The van der Waals surface area contributed by atoms with Gasteiger partial charge in [-0.05, 0) is 30.5 Å². The largest absolute Gasteiger partial charge is 0.542 e. The minimum Gasteiger partial charge on any atom is -0.542 e. The van der Waals surface area contributed by atoms with Gasteiger partial charge in [0.15, 0.2) is 6.10 Å². The highest BCUT2D eigenvalue weighted by Crippen LogP contribution is 2.40. The van der Waals surface area contributed by atoms with Gasteiger partial charge in [-0.3, -0.25) is 4.79 Å². The molecule has 1 aromatic rings. The molecular weight excluding hydrogens is 348 g/mol. The molecule has 1 rings (SSSR count). The van der Waals surface area contributed by atoms with Crippen molar-refractivity contribution >= 4 is 21.0 Å². The smallest absolute Gasteiger partial charge is 0.335 e. The van der Waals surface area contributed by atoms with Crippen LogP contribution in [-0.2, 0) is 19.7 Å². The molecule has 0 aromatic heterocycles. The van der Waals surface area contributed by atoms with Crippen molar-refractivity contribution < 1.29 is 23.9 Å². The number of para-hydroxylation sites is 1. The molecule has 1 N–H and O–H groups in total. The molecule has 0 aliphatic carbocycles.